The van der Waals surface area contributed by atoms with Crippen LogP contribution in [-0.4, -0.2) is 18.0 Å². The zero-order chi connectivity index (χ0) is 19.1. The quantitative estimate of drug-likeness (QED) is 0.515. The largest absolute Gasteiger partial charge is 0.497 e. The first-order valence-corrected chi connectivity index (χ1v) is 9.05. The lowest BCUT2D eigenvalue weighted by molar-refractivity contribution is -0.112. The van der Waals surface area contributed by atoms with Gasteiger partial charge in [0.2, 0.25) is 0 Å². The number of rotatable bonds is 6. The van der Waals surface area contributed by atoms with Gasteiger partial charge in [0.15, 0.2) is 5.13 Å². The zero-order valence-electron chi connectivity index (χ0n) is 14.7. The second-order valence-electron chi connectivity index (χ2n) is 5.69. The highest BCUT2D eigenvalue weighted by Gasteiger charge is 2.12. The molecule has 0 fully saturated rings. The second kappa shape index (κ2) is 8.79. The van der Waals surface area contributed by atoms with E-state index in [1.165, 1.54) is 23.0 Å². The number of ether oxygens (including phenoxy) is 1. The number of benzene rings is 2. The first kappa shape index (κ1) is 18.4. The third-order valence-electron chi connectivity index (χ3n) is 3.79. The molecule has 0 saturated carbocycles. The summed E-state index contributed by atoms with van der Waals surface area (Å²) in [5, 5.41) is 12.5. The van der Waals surface area contributed by atoms with E-state index in [4.69, 9.17) is 4.74 Å². The lowest BCUT2D eigenvalue weighted by Gasteiger charge is -2.02. The number of hydrogen-bond donors (Lipinski definition) is 1. The zero-order valence-corrected chi connectivity index (χ0v) is 15.5. The van der Waals surface area contributed by atoms with Crippen molar-refractivity contribution in [2.45, 2.75) is 6.42 Å². The molecule has 2 aromatic carbocycles. The van der Waals surface area contributed by atoms with E-state index < -0.39 is 5.91 Å². The number of nitriles is 1. The number of amides is 1. The molecule has 1 heterocycles. The predicted molar refractivity (Wildman–Crippen MR) is 107 cm³/mol. The Labute approximate surface area is 161 Å². The van der Waals surface area contributed by atoms with Crippen molar-refractivity contribution in [3.05, 3.63) is 82.4 Å². The first-order chi connectivity index (χ1) is 13.2. The molecule has 0 unspecified atom stereocenters. The van der Waals surface area contributed by atoms with E-state index in [9.17, 15) is 10.1 Å². The Bertz CT molecular complexity index is 986. The number of nitrogens with zero attached hydrogens (tertiary/aromatic N) is 2. The van der Waals surface area contributed by atoms with Crippen LogP contribution >= 0.6 is 11.3 Å². The molecular formula is C21H17N3O2S. The van der Waals surface area contributed by atoms with Crippen LogP contribution in [0.3, 0.4) is 0 Å². The smallest absolute Gasteiger partial charge is 0.268 e. The maximum atomic E-state index is 12.4. The molecule has 5 nitrogen and oxygen atoms in total. The van der Waals surface area contributed by atoms with Crippen molar-refractivity contribution in [1.82, 2.24) is 4.98 Å². The minimum Gasteiger partial charge on any atom is -0.497 e. The molecule has 1 amide bonds. The number of hydrogen-bond acceptors (Lipinski definition) is 5. The van der Waals surface area contributed by atoms with E-state index in [2.05, 4.69) is 10.3 Å². The van der Waals surface area contributed by atoms with Crippen LogP contribution in [0.1, 0.15) is 16.0 Å². The van der Waals surface area contributed by atoms with Crippen molar-refractivity contribution in [2.75, 3.05) is 12.4 Å². The maximum Gasteiger partial charge on any atom is 0.268 e. The van der Waals surface area contributed by atoms with Gasteiger partial charge in [-0.25, -0.2) is 4.98 Å². The van der Waals surface area contributed by atoms with Gasteiger partial charge in [-0.2, -0.15) is 5.26 Å². The number of methoxy groups -OCH3 is 1. The third kappa shape index (κ3) is 5.03. The summed E-state index contributed by atoms with van der Waals surface area (Å²) in [6.07, 6.45) is 4.03. The van der Waals surface area contributed by atoms with E-state index in [0.29, 0.717) is 10.9 Å². The summed E-state index contributed by atoms with van der Waals surface area (Å²) < 4.78 is 5.10. The molecule has 1 aromatic heterocycles. The molecule has 3 aromatic rings. The Kier molecular flexibility index (Phi) is 5.98. The molecule has 27 heavy (non-hydrogen) atoms. The van der Waals surface area contributed by atoms with Gasteiger partial charge < -0.3 is 4.74 Å². The number of thiazole rings is 1. The average Bonchev–Trinajstić information content (AvgIpc) is 3.14. The van der Waals surface area contributed by atoms with Gasteiger partial charge in [-0.3, -0.25) is 10.1 Å². The van der Waals surface area contributed by atoms with E-state index in [1.807, 2.05) is 36.4 Å². The highest BCUT2D eigenvalue weighted by atomic mass is 32.1. The van der Waals surface area contributed by atoms with Crippen molar-refractivity contribution >= 4 is 28.5 Å². The monoisotopic (exact) mass is 375 g/mol. The molecule has 6 heteroatoms. The summed E-state index contributed by atoms with van der Waals surface area (Å²) in [5.74, 6) is 0.234. The second-order valence-corrected chi connectivity index (χ2v) is 6.81. The highest BCUT2D eigenvalue weighted by molar-refractivity contribution is 7.15. The fraction of sp³-hybridized carbons (Fsp3) is 0.0952. The molecular weight excluding hydrogens is 358 g/mol. The SMILES string of the molecule is COc1ccc(/C=C(\C#N)C(=O)Nc2ncc(Cc3ccccc3)s2)cc1. The Hall–Kier alpha value is -3.43. The summed E-state index contributed by atoms with van der Waals surface area (Å²) in [6.45, 7) is 0. The van der Waals surface area contributed by atoms with Crippen molar-refractivity contribution in [3.8, 4) is 11.8 Å². The number of nitrogens with one attached hydrogen (secondary N) is 1. The van der Waals surface area contributed by atoms with Crippen LogP contribution in [0.2, 0.25) is 0 Å². The molecule has 3 rings (SSSR count). The minimum absolute atomic E-state index is 0.0139. The van der Waals surface area contributed by atoms with Gasteiger partial charge in [-0.1, -0.05) is 42.5 Å². The van der Waals surface area contributed by atoms with Gasteiger partial charge in [-0.15, -0.1) is 11.3 Å². The van der Waals surface area contributed by atoms with Gasteiger partial charge in [0.25, 0.3) is 5.91 Å². The Balaban J connectivity index is 1.68. The summed E-state index contributed by atoms with van der Waals surface area (Å²) in [6, 6.07) is 19.1. The number of anilines is 1. The van der Waals surface area contributed by atoms with Crippen LogP contribution in [-0.2, 0) is 11.2 Å². The van der Waals surface area contributed by atoms with Crippen LogP contribution in [0.25, 0.3) is 6.08 Å². The lowest BCUT2D eigenvalue weighted by Crippen LogP contribution is -2.13. The van der Waals surface area contributed by atoms with Gasteiger partial charge in [-0.05, 0) is 29.3 Å². The molecule has 0 aliphatic rings. The number of aromatic nitrogens is 1. The van der Waals surface area contributed by atoms with Crippen molar-refractivity contribution in [3.63, 3.8) is 0 Å². The van der Waals surface area contributed by atoms with E-state index >= 15 is 0 Å². The average molecular weight is 375 g/mol. The first-order valence-electron chi connectivity index (χ1n) is 8.24. The summed E-state index contributed by atoms with van der Waals surface area (Å²) in [7, 11) is 1.58. The molecule has 134 valence electrons. The van der Waals surface area contributed by atoms with Crippen molar-refractivity contribution in [2.24, 2.45) is 0 Å². The van der Waals surface area contributed by atoms with Crippen LogP contribution in [0, 0.1) is 11.3 Å². The molecule has 0 bridgehead atoms. The third-order valence-corrected chi connectivity index (χ3v) is 4.70. The fourth-order valence-corrected chi connectivity index (χ4v) is 3.27. The van der Waals surface area contributed by atoms with Gasteiger partial charge >= 0.3 is 0 Å². The van der Waals surface area contributed by atoms with E-state index in [0.717, 1.165) is 16.9 Å². The summed E-state index contributed by atoms with van der Waals surface area (Å²) >= 11 is 1.40. The molecule has 0 aliphatic heterocycles. The molecule has 0 spiro atoms. The Morgan fingerprint density at radius 2 is 1.96 bits per heavy atom. The molecule has 1 N–H and O–H groups in total. The van der Waals surface area contributed by atoms with Crippen LogP contribution in [0.4, 0.5) is 5.13 Å². The molecule has 0 radical (unpaired) electrons. The highest BCUT2D eigenvalue weighted by Crippen LogP contribution is 2.22. The van der Waals surface area contributed by atoms with Crippen LogP contribution in [0.15, 0.2) is 66.4 Å². The maximum absolute atomic E-state index is 12.4. The predicted octanol–water partition coefficient (Wildman–Crippen LogP) is 4.29. The lowest BCUT2D eigenvalue weighted by atomic mass is 10.1. The van der Waals surface area contributed by atoms with Crippen molar-refractivity contribution < 1.29 is 9.53 Å². The standard InChI is InChI=1S/C21H17N3O2S/c1-26-18-9-7-16(8-10-18)11-17(13-22)20(25)24-21-23-14-19(27-21)12-15-5-3-2-4-6-15/h2-11,14H,12H2,1H3,(H,23,24,25)/b17-11+. The van der Waals surface area contributed by atoms with Crippen molar-refractivity contribution in [1.29, 1.82) is 5.26 Å². The van der Waals surface area contributed by atoms with Crippen LogP contribution in [0.5, 0.6) is 5.75 Å². The number of carbonyl (C=O) groups is 1. The summed E-state index contributed by atoms with van der Waals surface area (Å²) in [4.78, 5) is 17.6. The molecule has 0 saturated heterocycles. The van der Waals surface area contributed by atoms with E-state index in [-0.39, 0.29) is 5.57 Å². The van der Waals surface area contributed by atoms with Gasteiger partial charge in [0.05, 0.1) is 7.11 Å². The summed E-state index contributed by atoms with van der Waals surface area (Å²) in [5.41, 5.74) is 1.93. The minimum atomic E-state index is -0.478. The van der Waals surface area contributed by atoms with Gasteiger partial charge in [0, 0.05) is 17.5 Å². The number of carbonyl (C=O) groups excluding carboxylic acids is 1. The van der Waals surface area contributed by atoms with E-state index in [1.54, 1.807) is 37.6 Å². The Morgan fingerprint density at radius 3 is 2.63 bits per heavy atom. The normalized spacial score (nSPS) is 10.9. The Morgan fingerprint density at radius 1 is 1.22 bits per heavy atom. The molecule has 0 aliphatic carbocycles. The topological polar surface area (TPSA) is 75.0 Å². The molecule has 0 atom stereocenters. The van der Waals surface area contributed by atoms with Gasteiger partial charge in [0.1, 0.15) is 17.4 Å². The fourth-order valence-electron chi connectivity index (χ4n) is 2.42. The van der Waals surface area contributed by atoms with Crippen LogP contribution < -0.4 is 10.1 Å².